The van der Waals surface area contributed by atoms with Crippen LogP contribution in [0.25, 0.3) is 34.4 Å². The first-order valence-electron chi connectivity index (χ1n) is 20.3. The van der Waals surface area contributed by atoms with Gasteiger partial charge < -0.3 is 24.8 Å². The molecule has 0 bridgehead atoms. The molecule has 2 aliphatic rings. The summed E-state index contributed by atoms with van der Waals surface area (Å²) in [4.78, 5) is 5.51. The van der Waals surface area contributed by atoms with E-state index in [1.807, 2.05) is 22.7 Å². The zero-order valence-electron chi connectivity index (χ0n) is 33.8. The molecule has 0 aliphatic heterocycles. The summed E-state index contributed by atoms with van der Waals surface area (Å²) in [6.07, 6.45) is 24.6. The molecular weight excluding hydrogens is 851 g/mol. The van der Waals surface area contributed by atoms with E-state index in [9.17, 15) is 0 Å². The summed E-state index contributed by atoms with van der Waals surface area (Å²) in [5, 5.41) is 0. The first-order valence-corrected chi connectivity index (χ1v) is 21.9. The quantitative estimate of drug-likeness (QED) is 0.0756. The summed E-state index contributed by atoms with van der Waals surface area (Å²) in [5.41, 5.74) is 13.6. The predicted octanol–water partition coefficient (Wildman–Crippen LogP) is 9.62. The zero-order valence-corrected chi connectivity index (χ0v) is 39.4. The molecule has 6 aromatic rings. The van der Waals surface area contributed by atoms with Crippen LogP contribution in [0.5, 0.6) is 0 Å². The van der Waals surface area contributed by atoms with Gasteiger partial charge in [-0.2, -0.15) is 11.1 Å². The number of fused-ring (bicyclic) bond motifs is 2. The van der Waals surface area contributed by atoms with Crippen LogP contribution in [0.1, 0.15) is 130 Å². The van der Waals surface area contributed by atoms with Crippen LogP contribution in [0.2, 0.25) is 0 Å². The Morgan fingerprint density at radius 1 is 0.474 bits per heavy atom. The molecule has 0 N–H and O–H groups in total. The van der Waals surface area contributed by atoms with E-state index in [4.69, 9.17) is 0 Å². The summed E-state index contributed by atoms with van der Waals surface area (Å²) in [6, 6.07) is 40.7. The van der Waals surface area contributed by atoms with E-state index >= 15 is 0 Å². The Bertz CT molecular complexity index is 2030. The molecule has 0 nitrogen and oxygen atoms in total. The van der Waals surface area contributed by atoms with Gasteiger partial charge in [0.05, 0.1) is 0 Å². The third kappa shape index (κ3) is 11.7. The van der Waals surface area contributed by atoms with Crippen LogP contribution in [0.15, 0.2) is 109 Å². The molecule has 0 radical (unpaired) electrons. The van der Waals surface area contributed by atoms with Crippen molar-refractivity contribution in [3.8, 4) is 22.3 Å². The van der Waals surface area contributed by atoms with Gasteiger partial charge in [-0.05, 0) is 95.8 Å². The molecule has 0 fully saturated rings. The van der Waals surface area contributed by atoms with Gasteiger partial charge in [-0.1, -0.05) is 160 Å². The second-order valence-electron chi connectivity index (χ2n) is 15.0. The molecule has 0 saturated heterocycles. The first-order chi connectivity index (χ1) is 26.5. The molecule has 2 aromatic heterocycles. The van der Waals surface area contributed by atoms with Crippen LogP contribution in [0, 0.1) is 26.0 Å². The van der Waals surface area contributed by atoms with Crippen LogP contribution in [0.3, 0.4) is 0 Å². The standard InChI is InChI=1S/2C26H27S.2ClH.Zr/c2*1-3-4-5-6-8-20-12-14-21(15-13-20)22-9-7-10-23-24(22)16-17-25(23)26-18-11-19(2)27-26;;;/h2*7,9-16,18,25H,3-6,8H2,1-2H3;2*1H;/q2*-1;;;+4/p-2. The van der Waals surface area contributed by atoms with E-state index in [1.54, 1.807) is 0 Å². The summed E-state index contributed by atoms with van der Waals surface area (Å²) < 4.78 is 0. The van der Waals surface area contributed by atoms with Gasteiger partial charge in [-0.3, -0.25) is 12.2 Å². The van der Waals surface area contributed by atoms with Crippen molar-refractivity contribution in [1.29, 1.82) is 0 Å². The Kier molecular flexibility index (Phi) is 19.0. The van der Waals surface area contributed by atoms with Crippen molar-refractivity contribution < 1.29 is 51.0 Å². The van der Waals surface area contributed by atoms with E-state index in [2.05, 4.69) is 161 Å². The molecule has 2 heterocycles. The van der Waals surface area contributed by atoms with Crippen molar-refractivity contribution in [3.63, 3.8) is 0 Å². The van der Waals surface area contributed by atoms with Gasteiger partial charge in [0.2, 0.25) is 0 Å². The molecule has 57 heavy (non-hydrogen) atoms. The number of thiophene rings is 2. The van der Waals surface area contributed by atoms with Crippen molar-refractivity contribution in [1.82, 2.24) is 0 Å². The molecule has 5 heteroatoms. The summed E-state index contributed by atoms with van der Waals surface area (Å²) in [5.74, 6) is 0.577. The Balaban J connectivity index is 0.000000240. The molecule has 0 saturated carbocycles. The number of rotatable bonds is 14. The van der Waals surface area contributed by atoms with E-state index in [0.29, 0.717) is 0 Å². The Morgan fingerprint density at radius 2 is 0.877 bits per heavy atom. The largest absolute Gasteiger partial charge is 4.00 e. The summed E-state index contributed by atoms with van der Waals surface area (Å²) in [6.45, 7) is 8.88. The Labute approximate surface area is 382 Å². The Morgan fingerprint density at radius 3 is 1.23 bits per heavy atom. The molecule has 8 rings (SSSR count). The fourth-order valence-corrected chi connectivity index (χ4v) is 9.82. The molecular formula is C52H54Cl2S2Zr. The molecule has 0 amide bonds. The maximum Gasteiger partial charge on any atom is 4.00 e. The van der Waals surface area contributed by atoms with E-state index in [-0.39, 0.29) is 62.9 Å². The van der Waals surface area contributed by atoms with E-state index < -0.39 is 0 Å². The molecule has 2 unspecified atom stereocenters. The normalized spacial score (nSPS) is 14.5. The maximum atomic E-state index is 3.60. The average molecular weight is 905 g/mol. The van der Waals surface area contributed by atoms with Gasteiger partial charge in [0.25, 0.3) is 0 Å². The van der Waals surface area contributed by atoms with Crippen LogP contribution in [-0.2, 0) is 39.0 Å². The van der Waals surface area contributed by atoms with E-state index in [0.717, 1.165) is 0 Å². The molecule has 292 valence electrons. The van der Waals surface area contributed by atoms with Gasteiger partial charge in [0.1, 0.15) is 0 Å². The van der Waals surface area contributed by atoms with E-state index in [1.165, 1.54) is 139 Å². The first kappa shape index (κ1) is 46.9. The minimum Gasteiger partial charge on any atom is -1.00 e. The van der Waals surface area contributed by atoms with Crippen molar-refractivity contribution in [2.24, 2.45) is 0 Å². The fourth-order valence-electron chi connectivity index (χ4n) is 7.91. The number of aryl methyl sites for hydroxylation is 4. The van der Waals surface area contributed by atoms with Gasteiger partial charge in [-0.25, -0.2) is 12.2 Å². The van der Waals surface area contributed by atoms with Gasteiger partial charge >= 0.3 is 26.2 Å². The second kappa shape index (κ2) is 23.1. The number of halogens is 2. The van der Waals surface area contributed by atoms with Crippen molar-refractivity contribution >= 4 is 34.8 Å². The third-order valence-corrected chi connectivity index (χ3v) is 13.1. The van der Waals surface area contributed by atoms with Crippen molar-refractivity contribution in [3.05, 3.63) is 174 Å². The van der Waals surface area contributed by atoms with Crippen LogP contribution in [-0.4, -0.2) is 0 Å². The number of unbranched alkanes of at least 4 members (excludes halogenated alkanes) is 6. The molecule has 2 aliphatic carbocycles. The molecule has 0 spiro atoms. The fraction of sp³-hybridized carbons (Fsp3) is 0.308. The average Bonchev–Trinajstić information content (AvgIpc) is 4.02. The second-order valence-corrected chi connectivity index (χ2v) is 17.7. The monoisotopic (exact) mass is 902 g/mol. The third-order valence-electron chi connectivity index (χ3n) is 10.9. The SMILES string of the molecule is CCCCCCc1ccc(-c2cccc3c2C=[C-]C3c2ccc(C)s2)cc1.CCCCCCc1ccc(-c2cccc3c2C=[C-]C3c2ccc(C)s2)cc1.[Cl-].[Cl-].[Zr+4]. The summed E-state index contributed by atoms with van der Waals surface area (Å²) >= 11 is 3.76. The maximum absolute atomic E-state index is 3.60. The molecule has 2 atom stereocenters. The zero-order chi connectivity index (χ0) is 37.3. The predicted molar refractivity (Wildman–Crippen MR) is 237 cm³/mol. The number of benzene rings is 4. The van der Waals surface area contributed by atoms with Crippen LogP contribution >= 0.6 is 22.7 Å². The number of hydrogen-bond acceptors (Lipinski definition) is 2. The topological polar surface area (TPSA) is 0 Å². The van der Waals surface area contributed by atoms with Crippen LogP contribution in [0.4, 0.5) is 0 Å². The van der Waals surface area contributed by atoms with Gasteiger partial charge in [-0.15, -0.1) is 33.8 Å². The van der Waals surface area contributed by atoms with Crippen LogP contribution < -0.4 is 24.8 Å². The summed E-state index contributed by atoms with van der Waals surface area (Å²) in [7, 11) is 0. The minimum absolute atomic E-state index is 0. The van der Waals surface area contributed by atoms with Crippen molar-refractivity contribution in [2.75, 3.05) is 0 Å². The van der Waals surface area contributed by atoms with Crippen molar-refractivity contribution in [2.45, 2.75) is 104 Å². The Hall–Kier alpha value is -2.78. The van der Waals surface area contributed by atoms with Gasteiger partial charge in [0.15, 0.2) is 0 Å². The minimum atomic E-state index is 0. The number of allylic oxidation sites excluding steroid dienone is 2. The molecule has 4 aromatic carbocycles. The smallest absolute Gasteiger partial charge is 1.00 e. The van der Waals surface area contributed by atoms with Gasteiger partial charge in [0, 0.05) is 9.75 Å². The number of hydrogen-bond donors (Lipinski definition) is 0.